The number of thioether (sulfide) groups is 1. The minimum absolute atomic E-state index is 0.105. The number of anilines is 1. The van der Waals surface area contributed by atoms with Gasteiger partial charge in [-0.05, 0) is 92.6 Å². The number of nitrogens with zero attached hydrogens (tertiary/aromatic N) is 1. The van der Waals surface area contributed by atoms with Gasteiger partial charge in [0.05, 0.1) is 0 Å². The third-order valence-corrected chi connectivity index (χ3v) is 7.37. The molecule has 0 aliphatic heterocycles. The molecule has 0 saturated heterocycles. The van der Waals surface area contributed by atoms with E-state index in [2.05, 4.69) is 17.2 Å². The molecule has 0 aromatic heterocycles. The number of amides is 3. The first kappa shape index (κ1) is 31.7. The van der Waals surface area contributed by atoms with Crippen LogP contribution in [0.3, 0.4) is 0 Å². The molecule has 3 aromatic carbocycles. The smallest absolute Gasteiger partial charge is 0.408 e. The van der Waals surface area contributed by atoms with Crippen LogP contribution in [0.15, 0.2) is 73.3 Å². The lowest BCUT2D eigenvalue weighted by molar-refractivity contribution is -0.140. The molecule has 3 aromatic rings. The van der Waals surface area contributed by atoms with Crippen molar-refractivity contribution in [3.05, 3.63) is 90.0 Å². The zero-order valence-electron chi connectivity index (χ0n) is 24.8. The van der Waals surface area contributed by atoms with E-state index < -0.39 is 23.8 Å². The Bertz CT molecular complexity index is 1400. The van der Waals surface area contributed by atoms with Crippen molar-refractivity contribution in [1.29, 1.82) is 0 Å². The number of alkyl carbamates (subject to hydrolysis) is 1. The molecule has 0 heterocycles. The molecule has 2 unspecified atom stereocenters. The number of hydrogen-bond donors (Lipinski definition) is 2. The van der Waals surface area contributed by atoms with Crippen molar-refractivity contribution < 1.29 is 19.1 Å². The highest BCUT2D eigenvalue weighted by molar-refractivity contribution is 7.98. The largest absolute Gasteiger partial charge is 0.444 e. The summed E-state index contributed by atoms with van der Waals surface area (Å²) in [5, 5.41) is 7.85. The first-order chi connectivity index (χ1) is 19.4. The Morgan fingerprint density at radius 3 is 2.39 bits per heavy atom. The fourth-order valence-electron chi connectivity index (χ4n) is 4.60. The van der Waals surface area contributed by atoms with Gasteiger partial charge in [-0.2, -0.15) is 11.8 Å². The number of rotatable bonds is 11. The van der Waals surface area contributed by atoms with Crippen LogP contribution in [0.2, 0.25) is 0 Å². The van der Waals surface area contributed by atoms with Crippen LogP contribution in [-0.2, 0) is 14.3 Å². The third kappa shape index (κ3) is 8.60. The average molecular weight is 576 g/mol. The van der Waals surface area contributed by atoms with Crippen molar-refractivity contribution >= 4 is 46.1 Å². The molecule has 7 nitrogen and oxygen atoms in total. The Morgan fingerprint density at radius 1 is 1.02 bits per heavy atom. The molecule has 8 heteroatoms. The highest BCUT2D eigenvalue weighted by atomic mass is 32.2. The molecule has 0 fully saturated rings. The Hall–Kier alpha value is -3.78. The van der Waals surface area contributed by atoms with E-state index in [1.165, 1.54) is 4.90 Å². The predicted octanol–water partition coefficient (Wildman–Crippen LogP) is 6.80. The third-order valence-electron chi connectivity index (χ3n) is 6.73. The maximum absolute atomic E-state index is 14.2. The van der Waals surface area contributed by atoms with Gasteiger partial charge in [0.1, 0.15) is 17.7 Å². The molecule has 0 bridgehead atoms. The second-order valence-corrected chi connectivity index (χ2v) is 12.0. The van der Waals surface area contributed by atoms with Crippen LogP contribution < -0.4 is 10.6 Å². The summed E-state index contributed by atoms with van der Waals surface area (Å²) in [5.74, 6) is -0.111. The molecule has 0 radical (unpaired) electrons. The minimum Gasteiger partial charge on any atom is -0.444 e. The average Bonchev–Trinajstić information content (AvgIpc) is 2.91. The normalized spacial score (nSPS) is 12.7. The predicted molar refractivity (Wildman–Crippen MR) is 169 cm³/mol. The van der Waals surface area contributed by atoms with Gasteiger partial charge in [0.2, 0.25) is 5.91 Å². The van der Waals surface area contributed by atoms with Crippen LogP contribution in [0.4, 0.5) is 10.5 Å². The van der Waals surface area contributed by atoms with E-state index in [1.54, 1.807) is 38.6 Å². The molecule has 0 aliphatic carbocycles. The van der Waals surface area contributed by atoms with Gasteiger partial charge in [-0.15, -0.1) is 6.58 Å². The van der Waals surface area contributed by atoms with Crippen molar-refractivity contribution in [3.8, 4) is 0 Å². The lowest BCUT2D eigenvalue weighted by Crippen LogP contribution is -2.52. The zero-order valence-corrected chi connectivity index (χ0v) is 25.6. The summed E-state index contributed by atoms with van der Waals surface area (Å²) >= 11 is 1.57. The monoisotopic (exact) mass is 575 g/mol. The molecule has 41 heavy (non-hydrogen) atoms. The lowest BCUT2D eigenvalue weighted by atomic mass is 9.94. The van der Waals surface area contributed by atoms with Crippen molar-refractivity contribution in [3.63, 3.8) is 0 Å². The van der Waals surface area contributed by atoms with E-state index in [0.717, 1.165) is 21.9 Å². The number of aryl methyl sites for hydroxylation is 1. The number of benzene rings is 3. The van der Waals surface area contributed by atoms with Gasteiger partial charge in [0.15, 0.2) is 0 Å². The van der Waals surface area contributed by atoms with Crippen molar-refractivity contribution in [2.75, 3.05) is 23.9 Å². The molecule has 218 valence electrons. The number of fused-ring (bicyclic) bond motifs is 1. The molecule has 2 N–H and O–H groups in total. The van der Waals surface area contributed by atoms with E-state index in [9.17, 15) is 14.4 Å². The number of hydrogen-bond acceptors (Lipinski definition) is 5. The summed E-state index contributed by atoms with van der Waals surface area (Å²) in [6.07, 6.45) is 3.23. The maximum Gasteiger partial charge on any atom is 0.408 e. The molecule has 0 aliphatic rings. The van der Waals surface area contributed by atoms with Crippen LogP contribution in [0.1, 0.15) is 49.9 Å². The fraction of sp³-hybridized carbons (Fsp3) is 0.364. The quantitative estimate of drug-likeness (QED) is 0.246. The Kier molecular flexibility index (Phi) is 11.0. The molecular formula is C33H41N3O4S. The maximum atomic E-state index is 14.2. The molecule has 3 rings (SSSR count). The van der Waals surface area contributed by atoms with E-state index in [-0.39, 0.29) is 18.4 Å². The summed E-state index contributed by atoms with van der Waals surface area (Å²) in [6, 6.07) is 17.5. The van der Waals surface area contributed by atoms with Crippen LogP contribution >= 0.6 is 11.8 Å². The van der Waals surface area contributed by atoms with Gasteiger partial charge in [-0.25, -0.2) is 4.79 Å². The molecule has 3 amide bonds. The summed E-state index contributed by atoms with van der Waals surface area (Å²) in [6.45, 7) is 13.2. The van der Waals surface area contributed by atoms with Gasteiger partial charge < -0.3 is 20.3 Å². The second-order valence-electron chi connectivity index (χ2n) is 11.0. The lowest BCUT2D eigenvalue weighted by Gasteiger charge is -2.34. The van der Waals surface area contributed by atoms with Gasteiger partial charge in [0.25, 0.3) is 5.91 Å². The first-order valence-electron chi connectivity index (χ1n) is 13.7. The van der Waals surface area contributed by atoms with E-state index in [1.807, 2.05) is 80.8 Å². The Balaban J connectivity index is 2.04. The van der Waals surface area contributed by atoms with Gasteiger partial charge in [0, 0.05) is 12.2 Å². The van der Waals surface area contributed by atoms with Gasteiger partial charge in [-0.1, -0.05) is 54.6 Å². The summed E-state index contributed by atoms with van der Waals surface area (Å²) in [5.41, 5.74) is 2.52. The second kappa shape index (κ2) is 14.2. The molecule has 2 atom stereocenters. The van der Waals surface area contributed by atoms with Gasteiger partial charge in [-0.3, -0.25) is 9.59 Å². The minimum atomic E-state index is -0.968. The standard InChI is InChI=1S/C33H41N3O4S/c1-8-19-36(31(38)28(18-20-41-7)35-32(39)40-33(4,5)6)29(27-15-11-12-22(2)23(27)3)30(37)34-26-17-16-24-13-9-10-14-25(24)21-26/h8-17,21,28-29H,1,18-20H2,2-7H3,(H,34,37)(H,35,39). The molecular weight excluding hydrogens is 534 g/mol. The number of ether oxygens (including phenoxy) is 1. The van der Waals surface area contributed by atoms with Crippen molar-refractivity contribution in [1.82, 2.24) is 10.2 Å². The first-order valence-corrected chi connectivity index (χ1v) is 15.1. The molecule has 0 spiro atoms. The topological polar surface area (TPSA) is 87.7 Å². The van der Waals surface area contributed by atoms with Crippen molar-refractivity contribution in [2.45, 2.75) is 58.7 Å². The van der Waals surface area contributed by atoms with Crippen molar-refractivity contribution in [2.24, 2.45) is 0 Å². The van der Waals surface area contributed by atoms with E-state index in [0.29, 0.717) is 23.4 Å². The number of carbonyl (C=O) groups is 3. The summed E-state index contributed by atoms with van der Waals surface area (Å²) < 4.78 is 5.45. The fourth-order valence-corrected chi connectivity index (χ4v) is 5.07. The van der Waals surface area contributed by atoms with E-state index in [4.69, 9.17) is 4.74 Å². The van der Waals surface area contributed by atoms with Crippen LogP contribution in [0.5, 0.6) is 0 Å². The Labute approximate surface area is 247 Å². The Morgan fingerprint density at radius 2 is 1.73 bits per heavy atom. The number of carbonyl (C=O) groups excluding carboxylic acids is 3. The summed E-state index contributed by atoms with van der Waals surface area (Å²) in [7, 11) is 0. The highest BCUT2D eigenvalue weighted by Gasteiger charge is 2.36. The van der Waals surface area contributed by atoms with E-state index >= 15 is 0 Å². The number of nitrogens with one attached hydrogen (secondary N) is 2. The van der Waals surface area contributed by atoms with Crippen LogP contribution in [-0.4, -0.2) is 53.0 Å². The van der Waals surface area contributed by atoms with Crippen LogP contribution in [0.25, 0.3) is 10.8 Å². The molecule has 0 saturated carbocycles. The zero-order chi connectivity index (χ0) is 30.2. The van der Waals surface area contributed by atoms with Crippen LogP contribution in [0, 0.1) is 13.8 Å². The highest BCUT2D eigenvalue weighted by Crippen LogP contribution is 2.29. The SMILES string of the molecule is C=CCN(C(=O)C(CCSC)NC(=O)OC(C)(C)C)C(C(=O)Nc1ccc2ccccc2c1)c1cccc(C)c1C. The van der Waals surface area contributed by atoms with Gasteiger partial charge >= 0.3 is 6.09 Å². The summed E-state index contributed by atoms with van der Waals surface area (Å²) in [4.78, 5) is 42.5.